The molecule has 17 heavy (non-hydrogen) atoms. The average Bonchev–Trinajstić information content (AvgIpc) is 2.39. The first-order valence-electron chi connectivity index (χ1n) is 6.14. The number of ether oxygens (including phenoxy) is 2. The van der Waals surface area contributed by atoms with Crippen LogP contribution in [0.3, 0.4) is 0 Å². The van der Waals surface area contributed by atoms with Gasteiger partial charge in [-0.25, -0.2) is 0 Å². The van der Waals surface area contributed by atoms with Crippen LogP contribution in [0, 0.1) is 0 Å². The lowest BCUT2D eigenvalue weighted by atomic mass is 10.0. The lowest BCUT2D eigenvalue weighted by molar-refractivity contribution is -0.123. The van der Waals surface area contributed by atoms with Gasteiger partial charge in [-0.1, -0.05) is 38.1 Å². The van der Waals surface area contributed by atoms with Gasteiger partial charge in [-0.15, -0.1) is 0 Å². The van der Waals surface area contributed by atoms with Gasteiger partial charge in [-0.3, -0.25) is 0 Å². The summed E-state index contributed by atoms with van der Waals surface area (Å²) in [6.07, 6.45) is 0.798. The minimum absolute atomic E-state index is 0.0703. The predicted octanol–water partition coefficient (Wildman–Crippen LogP) is 2.52. The normalized spacial score (nSPS) is 13.0. The SMILES string of the molecule is CCNC(c1ccc(CC)cc1)C(OC)OC. The Kier molecular flexibility index (Phi) is 6.19. The van der Waals surface area contributed by atoms with Gasteiger partial charge >= 0.3 is 0 Å². The molecule has 0 aliphatic rings. The van der Waals surface area contributed by atoms with Crippen molar-refractivity contribution in [2.45, 2.75) is 32.6 Å². The van der Waals surface area contributed by atoms with Crippen LogP contribution in [-0.2, 0) is 15.9 Å². The summed E-state index contributed by atoms with van der Waals surface area (Å²) in [6.45, 7) is 5.11. The molecule has 96 valence electrons. The number of methoxy groups -OCH3 is 2. The maximum Gasteiger partial charge on any atom is 0.176 e. The third kappa shape index (κ3) is 3.80. The van der Waals surface area contributed by atoms with Gasteiger partial charge in [0.05, 0.1) is 6.04 Å². The summed E-state index contributed by atoms with van der Waals surface area (Å²) in [4.78, 5) is 0. The molecule has 1 unspecified atom stereocenters. The van der Waals surface area contributed by atoms with E-state index in [1.807, 2.05) is 0 Å². The van der Waals surface area contributed by atoms with Crippen molar-refractivity contribution in [1.82, 2.24) is 5.32 Å². The van der Waals surface area contributed by atoms with E-state index in [-0.39, 0.29) is 12.3 Å². The monoisotopic (exact) mass is 237 g/mol. The van der Waals surface area contributed by atoms with Crippen molar-refractivity contribution in [1.29, 1.82) is 0 Å². The van der Waals surface area contributed by atoms with E-state index in [0.29, 0.717) is 0 Å². The van der Waals surface area contributed by atoms with Crippen molar-refractivity contribution in [3.8, 4) is 0 Å². The van der Waals surface area contributed by atoms with Crippen molar-refractivity contribution < 1.29 is 9.47 Å². The Morgan fingerprint density at radius 2 is 1.65 bits per heavy atom. The lowest BCUT2D eigenvalue weighted by Gasteiger charge is -2.26. The van der Waals surface area contributed by atoms with E-state index < -0.39 is 0 Å². The predicted molar refractivity (Wildman–Crippen MR) is 70.0 cm³/mol. The summed E-state index contributed by atoms with van der Waals surface area (Å²) in [5.41, 5.74) is 2.54. The van der Waals surface area contributed by atoms with E-state index in [0.717, 1.165) is 13.0 Å². The molecule has 1 aromatic rings. The van der Waals surface area contributed by atoms with Crippen LogP contribution in [0.4, 0.5) is 0 Å². The van der Waals surface area contributed by atoms with Crippen molar-refractivity contribution >= 4 is 0 Å². The zero-order valence-electron chi connectivity index (χ0n) is 11.2. The summed E-state index contributed by atoms with van der Waals surface area (Å²) in [6, 6.07) is 8.65. The molecule has 1 aromatic carbocycles. The van der Waals surface area contributed by atoms with Gasteiger partial charge in [0.1, 0.15) is 0 Å². The zero-order chi connectivity index (χ0) is 12.7. The molecule has 0 aromatic heterocycles. The number of nitrogens with one attached hydrogen (secondary N) is 1. The van der Waals surface area contributed by atoms with Crippen LogP contribution < -0.4 is 5.32 Å². The van der Waals surface area contributed by atoms with E-state index >= 15 is 0 Å². The molecule has 0 fully saturated rings. The van der Waals surface area contributed by atoms with Crippen molar-refractivity contribution in [2.75, 3.05) is 20.8 Å². The Morgan fingerprint density at radius 3 is 2.06 bits per heavy atom. The molecule has 1 N–H and O–H groups in total. The van der Waals surface area contributed by atoms with E-state index in [2.05, 4.69) is 43.4 Å². The van der Waals surface area contributed by atoms with Gasteiger partial charge in [0.25, 0.3) is 0 Å². The third-order valence-electron chi connectivity index (χ3n) is 2.91. The fraction of sp³-hybridized carbons (Fsp3) is 0.571. The molecule has 0 amide bonds. The molecular formula is C14H23NO2. The lowest BCUT2D eigenvalue weighted by Crippen LogP contribution is -2.34. The molecule has 1 atom stereocenters. The Bertz CT molecular complexity index is 307. The average molecular weight is 237 g/mol. The number of likely N-dealkylation sites (N-methyl/N-ethyl adjacent to an activating group) is 1. The molecule has 0 saturated heterocycles. The second-order valence-corrected chi connectivity index (χ2v) is 3.97. The van der Waals surface area contributed by atoms with Crippen molar-refractivity contribution in [3.63, 3.8) is 0 Å². The molecule has 0 aliphatic carbocycles. The van der Waals surface area contributed by atoms with Crippen molar-refractivity contribution in [2.24, 2.45) is 0 Å². The fourth-order valence-electron chi connectivity index (χ4n) is 1.92. The molecule has 3 nitrogen and oxygen atoms in total. The molecule has 0 spiro atoms. The van der Waals surface area contributed by atoms with E-state index in [9.17, 15) is 0 Å². The molecule has 0 heterocycles. The quantitative estimate of drug-likeness (QED) is 0.739. The first kappa shape index (κ1) is 14.2. The van der Waals surface area contributed by atoms with Crippen LogP contribution in [0.1, 0.15) is 31.0 Å². The molecule has 3 heteroatoms. The summed E-state index contributed by atoms with van der Waals surface area (Å²) in [5, 5.41) is 3.39. The summed E-state index contributed by atoms with van der Waals surface area (Å²) >= 11 is 0. The first-order chi connectivity index (χ1) is 8.26. The summed E-state index contributed by atoms with van der Waals surface area (Å²) < 4.78 is 10.7. The Morgan fingerprint density at radius 1 is 1.06 bits per heavy atom. The standard InChI is InChI=1S/C14H23NO2/c1-5-11-7-9-12(10-8-11)13(15-6-2)14(16-3)17-4/h7-10,13-15H,5-6H2,1-4H3. The van der Waals surface area contributed by atoms with Gasteiger partial charge < -0.3 is 14.8 Å². The second kappa shape index (κ2) is 7.43. The van der Waals surface area contributed by atoms with Gasteiger partial charge in [-0.2, -0.15) is 0 Å². The number of rotatable bonds is 7. The molecule has 0 bridgehead atoms. The molecule has 1 rings (SSSR count). The highest BCUT2D eigenvalue weighted by molar-refractivity contribution is 5.25. The van der Waals surface area contributed by atoms with Gasteiger partial charge in [0, 0.05) is 14.2 Å². The Balaban J connectivity index is 2.87. The first-order valence-corrected chi connectivity index (χ1v) is 6.14. The van der Waals surface area contributed by atoms with E-state index in [1.54, 1.807) is 14.2 Å². The van der Waals surface area contributed by atoms with Crippen LogP contribution in [-0.4, -0.2) is 27.1 Å². The van der Waals surface area contributed by atoms with Crippen LogP contribution >= 0.6 is 0 Å². The second-order valence-electron chi connectivity index (χ2n) is 3.97. The third-order valence-corrected chi connectivity index (χ3v) is 2.91. The smallest absolute Gasteiger partial charge is 0.176 e. The molecular weight excluding hydrogens is 214 g/mol. The maximum absolute atomic E-state index is 5.34. The fourth-order valence-corrected chi connectivity index (χ4v) is 1.92. The number of hydrogen-bond acceptors (Lipinski definition) is 3. The number of benzene rings is 1. The minimum Gasteiger partial charge on any atom is -0.354 e. The highest BCUT2D eigenvalue weighted by Gasteiger charge is 2.21. The summed E-state index contributed by atoms with van der Waals surface area (Å²) in [7, 11) is 3.33. The maximum atomic E-state index is 5.34. The zero-order valence-corrected chi connectivity index (χ0v) is 11.2. The summed E-state index contributed by atoms with van der Waals surface area (Å²) in [5.74, 6) is 0. The van der Waals surface area contributed by atoms with E-state index in [4.69, 9.17) is 9.47 Å². The van der Waals surface area contributed by atoms with Crippen LogP contribution in [0.25, 0.3) is 0 Å². The Labute approximate surface area is 104 Å². The highest BCUT2D eigenvalue weighted by atomic mass is 16.7. The van der Waals surface area contributed by atoms with Crippen molar-refractivity contribution in [3.05, 3.63) is 35.4 Å². The van der Waals surface area contributed by atoms with Crippen LogP contribution in [0.2, 0.25) is 0 Å². The van der Waals surface area contributed by atoms with Gasteiger partial charge in [0.2, 0.25) is 0 Å². The number of hydrogen-bond donors (Lipinski definition) is 1. The Hall–Kier alpha value is -0.900. The highest BCUT2D eigenvalue weighted by Crippen LogP contribution is 2.20. The molecule has 0 aliphatic heterocycles. The minimum atomic E-state index is -0.262. The molecule has 0 radical (unpaired) electrons. The van der Waals surface area contributed by atoms with Gasteiger partial charge in [-0.05, 0) is 24.1 Å². The molecule has 0 saturated carbocycles. The van der Waals surface area contributed by atoms with E-state index in [1.165, 1.54) is 11.1 Å². The van der Waals surface area contributed by atoms with Gasteiger partial charge in [0.15, 0.2) is 6.29 Å². The topological polar surface area (TPSA) is 30.5 Å². The largest absolute Gasteiger partial charge is 0.354 e. The number of aryl methyl sites for hydroxylation is 1. The van der Waals surface area contributed by atoms with Crippen LogP contribution in [0.15, 0.2) is 24.3 Å². The van der Waals surface area contributed by atoms with Crippen LogP contribution in [0.5, 0.6) is 0 Å².